The molecule has 2 fully saturated rings. The van der Waals surface area contributed by atoms with Crippen molar-refractivity contribution in [3.63, 3.8) is 0 Å². The van der Waals surface area contributed by atoms with Crippen LogP contribution in [0.15, 0.2) is 24.3 Å². The molecular weight excluding hydrogens is 201 g/mol. The fraction of sp³-hybridized carbons (Fsp3) is 0.571. The van der Waals surface area contributed by atoms with Gasteiger partial charge in [-0.25, -0.2) is 4.39 Å². The van der Waals surface area contributed by atoms with Crippen LogP contribution in [0.1, 0.15) is 31.2 Å². The second-order valence-electron chi connectivity index (χ2n) is 5.64. The summed E-state index contributed by atoms with van der Waals surface area (Å²) in [5.41, 5.74) is 1.58. The van der Waals surface area contributed by atoms with Gasteiger partial charge in [0.1, 0.15) is 5.82 Å². The Morgan fingerprint density at radius 2 is 1.94 bits per heavy atom. The summed E-state index contributed by atoms with van der Waals surface area (Å²) in [6, 6.07) is 7.28. The molecule has 2 aliphatic carbocycles. The molecule has 1 N–H and O–H groups in total. The molecule has 0 aromatic heterocycles. The first kappa shape index (κ1) is 10.3. The first-order chi connectivity index (χ1) is 7.70. The number of hydrogen-bond donors (Lipinski definition) is 1. The molecule has 3 rings (SSSR count). The number of rotatable bonds is 3. The summed E-state index contributed by atoms with van der Waals surface area (Å²) in [6.45, 7) is 0.898. The lowest BCUT2D eigenvalue weighted by Crippen LogP contribution is -2.49. The molecule has 16 heavy (non-hydrogen) atoms. The molecule has 0 heterocycles. The van der Waals surface area contributed by atoms with Crippen LogP contribution >= 0.6 is 0 Å². The molecule has 0 aliphatic heterocycles. The molecule has 0 radical (unpaired) electrons. The van der Waals surface area contributed by atoms with Gasteiger partial charge >= 0.3 is 0 Å². The van der Waals surface area contributed by atoms with E-state index in [0.717, 1.165) is 12.1 Å². The van der Waals surface area contributed by atoms with Crippen LogP contribution in [0.2, 0.25) is 0 Å². The van der Waals surface area contributed by atoms with E-state index in [2.05, 4.69) is 5.32 Å². The van der Waals surface area contributed by atoms with Crippen LogP contribution in [-0.2, 0) is 5.41 Å². The fourth-order valence-electron chi connectivity index (χ4n) is 3.55. The van der Waals surface area contributed by atoms with Crippen LogP contribution in [0, 0.1) is 11.2 Å². The Morgan fingerprint density at radius 1 is 1.25 bits per heavy atom. The molecule has 0 bridgehead atoms. The van der Waals surface area contributed by atoms with Crippen LogP contribution in [0.25, 0.3) is 0 Å². The van der Waals surface area contributed by atoms with Crippen molar-refractivity contribution in [1.29, 1.82) is 0 Å². The molecule has 86 valence electrons. The molecule has 2 saturated carbocycles. The minimum Gasteiger partial charge on any atom is -0.319 e. The number of likely N-dealkylation sites (N-methyl/N-ethyl adjacent to an activating group) is 1. The van der Waals surface area contributed by atoms with Gasteiger partial charge in [0.2, 0.25) is 0 Å². The van der Waals surface area contributed by atoms with E-state index in [1.807, 2.05) is 19.2 Å². The molecule has 2 aliphatic rings. The summed E-state index contributed by atoms with van der Waals surface area (Å²) >= 11 is 0. The van der Waals surface area contributed by atoms with E-state index in [4.69, 9.17) is 0 Å². The summed E-state index contributed by atoms with van der Waals surface area (Å²) < 4.78 is 13.9. The maximum Gasteiger partial charge on any atom is 0.127 e. The van der Waals surface area contributed by atoms with Crippen molar-refractivity contribution in [1.82, 2.24) is 5.32 Å². The monoisotopic (exact) mass is 219 g/mol. The molecule has 0 amide bonds. The quantitative estimate of drug-likeness (QED) is 0.824. The standard InChI is InChI=1S/C14H18FN/c1-16-10-14(8-13(9-14)6-7-13)11-4-2-3-5-12(11)15/h2-5,16H,6-10H2,1H3. The van der Waals surface area contributed by atoms with E-state index < -0.39 is 0 Å². The summed E-state index contributed by atoms with van der Waals surface area (Å²) in [5.74, 6) is -0.0340. The predicted molar refractivity (Wildman–Crippen MR) is 62.9 cm³/mol. The molecule has 1 aromatic carbocycles. The van der Waals surface area contributed by atoms with Crippen LogP contribution in [0.4, 0.5) is 4.39 Å². The molecule has 0 unspecified atom stereocenters. The van der Waals surface area contributed by atoms with Gasteiger partial charge in [-0.05, 0) is 49.8 Å². The van der Waals surface area contributed by atoms with Crippen molar-refractivity contribution in [2.45, 2.75) is 31.1 Å². The minimum absolute atomic E-state index is 0.0340. The zero-order valence-electron chi connectivity index (χ0n) is 9.72. The summed E-state index contributed by atoms with van der Waals surface area (Å²) in [6.07, 6.45) is 5.05. The second kappa shape index (κ2) is 3.30. The normalized spacial score (nSPS) is 24.1. The van der Waals surface area contributed by atoms with Crippen LogP contribution in [0.5, 0.6) is 0 Å². The average Bonchev–Trinajstić information content (AvgIpc) is 2.98. The van der Waals surface area contributed by atoms with E-state index in [9.17, 15) is 4.39 Å². The van der Waals surface area contributed by atoms with Crippen LogP contribution < -0.4 is 5.32 Å². The van der Waals surface area contributed by atoms with Crippen molar-refractivity contribution in [2.24, 2.45) is 5.41 Å². The Labute approximate surface area is 96.1 Å². The Balaban J connectivity index is 1.92. The van der Waals surface area contributed by atoms with Gasteiger partial charge in [-0.2, -0.15) is 0 Å². The lowest BCUT2D eigenvalue weighted by Gasteiger charge is -2.49. The van der Waals surface area contributed by atoms with Crippen LogP contribution in [-0.4, -0.2) is 13.6 Å². The third-order valence-electron chi connectivity index (χ3n) is 4.34. The zero-order chi connectivity index (χ0) is 11.2. The Hall–Kier alpha value is -0.890. The Morgan fingerprint density at radius 3 is 2.50 bits per heavy atom. The van der Waals surface area contributed by atoms with E-state index in [0.29, 0.717) is 5.41 Å². The van der Waals surface area contributed by atoms with Gasteiger partial charge < -0.3 is 5.32 Å². The summed E-state index contributed by atoms with van der Waals surface area (Å²) in [5, 5.41) is 3.24. The topological polar surface area (TPSA) is 12.0 Å². The number of nitrogens with one attached hydrogen (secondary N) is 1. The third-order valence-corrected chi connectivity index (χ3v) is 4.34. The van der Waals surface area contributed by atoms with Gasteiger partial charge in [0.25, 0.3) is 0 Å². The third kappa shape index (κ3) is 1.40. The predicted octanol–water partition coefficient (Wildman–Crippen LogP) is 2.86. The van der Waals surface area contributed by atoms with Gasteiger partial charge in [0, 0.05) is 12.0 Å². The molecule has 2 heteroatoms. The van der Waals surface area contributed by atoms with Crippen molar-refractivity contribution in [3.8, 4) is 0 Å². The van der Waals surface area contributed by atoms with E-state index in [1.165, 1.54) is 25.7 Å². The Bertz CT molecular complexity index is 401. The summed E-state index contributed by atoms with van der Waals surface area (Å²) in [4.78, 5) is 0. The largest absolute Gasteiger partial charge is 0.319 e. The first-order valence-corrected chi connectivity index (χ1v) is 6.09. The highest BCUT2D eigenvalue weighted by Crippen LogP contribution is 2.68. The van der Waals surface area contributed by atoms with Gasteiger partial charge in [-0.1, -0.05) is 18.2 Å². The lowest BCUT2D eigenvalue weighted by atomic mass is 9.56. The van der Waals surface area contributed by atoms with Gasteiger partial charge in [0.15, 0.2) is 0 Å². The van der Waals surface area contributed by atoms with E-state index >= 15 is 0 Å². The average molecular weight is 219 g/mol. The SMILES string of the molecule is CNCC1(c2ccccc2F)CC2(CC2)C1. The van der Waals surface area contributed by atoms with Crippen molar-refractivity contribution < 1.29 is 4.39 Å². The molecule has 1 aromatic rings. The van der Waals surface area contributed by atoms with E-state index in [1.54, 1.807) is 12.1 Å². The highest BCUT2D eigenvalue weighted by molar-refractivity contribution is 5.34. The molecular formula is C14H18FN. The van der Waals surface area contributed by atoms with Gasteiger partial charge in [-0.15, -0.1) is 0 Å². The second-order valence-corrected chi connectivity index (χ2v) is 5.64. The van der Waals surface area contributed by atoms with Crippen molar-refractivity contribution in [2.75, 3.05) is 13.6 Å². The summed E-state index contributed by atoms with van der Waals surface area (Å²) in [7, 11) is 1.96. The highest BCUT2D eigenvalue weighted by Gasteiger charge is 2.61. The highest BCUT2D eigenvalue weighted by atomic mass is 19.1. The molecule has 1 spiro atoms. The maximum atomic E-state index is 13.9. The van der Waals surface area contributed by atoms with E-state index in [-0.39, 0.29) is 11.2 Å². The molecule has 0 saturated heterocycles. The lowest BCUT2D eigenvalue weighted by molar-refractivity contribution is 0.114. The minimum atomic E-state index is -0.0340. The molecule has 0 atom stereocenters. The zero-order valence-corrected chi connectivity index (χ0v) is 9.72. The number of benzene rings is 1. The fourth-order valence-corrected chi connectivity index (χ4v) is 3.55. The first-order valence-electron chi connectivity index (χ1n) is 6.09. The smallest absolute Gasteiger partial charge is 0.127 e. The van der Waals surface area contributed by atoms with Crippen molar-refractivity contribution in [3.05, 3.63) is 35.6 Å². The maximum absolute atomic E-state index is 13.9. The number of halogens is 1. The van der Waals surface area contributed by atoms with Gasteiger partial charge in [-0.3, -0.25) is 0 Å². The molecule has 1 nitrogen and oxygen atoms in total. The number of hydrogen-bond acceptors (Lipinski definition) is 1. The van der Waals surface area contributed by atoms with Crippen molar-refractivity contribution >= 4 is 0 Å². The van der Waals surface area contributed by atoms with Crippen LogP contribution in [0.3, 0.4) is 0 Å². The Kier molecular flexibility index (Phi) is 2.12. The van der Waals surface area contributed by atoms with Gasteiger partial charge in [0.05, 0.1) is 0 Å².